The van der Waals surface area contributed by atoms with Crippen molar-refractivity contribution in [1.82, 2.24) is 10.3 Å². The standard InChI is InChI=1S/C19H24N2O4/c1-12-4-6-16-15(9-12)13(10-20-16)5-7-17(22)21-18(19(23)24)14-3-2-8-25-11-14/h4,6,9-10,14,18,20H,2-3,5,7-8,11H2,1H3,(H,21,22)(H,23,24). The number of hydrogen-bond donors (Lipinski definition) is 3. The number of fused-ring (bicyclic) bond motifs is 1. The number of aromatic amines is 1. The first-order chi connectivity index (χ1) is 12.0. The summed E-state index contributed by atoms with van der Waals surface area (Å²) in [4.78, 5) is 27.0. The van der Waals surface area contributed by atoms with Gasteiger partial charge in [-0.1, -0.05) is 11.6 Å². The molecule has 25 heavy (non-hydrogen) atoms. The maximum Gasteiger partial charge on any atom is 0.326 e. The van der Waals surface area contributed by atoms with E-state index < -0.39 is 12.0 Å². The fourth-order valence-corrected chi connectivity index (χ4v) is 3.40. The molecule has 1 aromatic heterocycles. The van der Waals surface area contributed by atoms with Crippen LogP contribution in [-0.4, -0.2) is 41.2 Å². The molecule has 2 aromatic rings. The number of amides is 1. The number of aryl methyl sites for hydroxylation is 2. The summed E-state index contributed by atoms with van der Waals surface area (Å²) in [5, 5.41) is 13.2. The van der Waals surface area contributed by atoms with Gasteiger partial charge in [-0.05, 0) is 43.9 Å². The van der Waals surface area contributed by atoms with E-state index in [0.29, 0.717) is 19.6 Å². The maximum atomic E-state index is 12.3. The normalized spacial score (nSPS) is 18.8. The first kappa shape index (κ1) is 17.5. The number of benzene rings is 1. The van der Waals surface area contributed by atoms with Crippen molar-refractivity contribution < 1.29 is 19.4 Å². The Bertz CT molecular complexity index is 762. The minimum absolute atomic E-state index is 0.161. The number of carbonyl (C=O) groups excluding carboxylic acids is 1. The lowest BCUT2D eigenvalue weighted by molar-refractivity contribution is -0.145. The summed E-state index contributed by atoms with van der Waals surface area (Å²) in [7, 11) is 0. The number of carboxylic acids is 1. The van der Waals surface area contributed by atoms with E-state index in [0.717, 1.165) is 29.3 Å². The lowest BCUT2D eigenvalue weighted by atomic mass is 9.93. The van der Waals surface area contributed by atoms with E-state index in [1.807, 2.05) is 25.3 Å². The summed E-state index contributed by atoms with van der Waals surface area (Å²) < 4.78 is 5.35. The van der Waals surface area contributed by atoms with Gasteiger partial charge in [-0.3, -0.25) is 4.79 Å². The summed E-state index contributed by atoms with van der Waals surface area (Å²) >= 11 is 0. The molecule has 2 heterocycles. The van der Waals surface area contributed by atoms with Crippen LogP contribution in [-0.2, 0) is 20.7 Å². The molecule has 0 aliphatic carbocycles. The number of hydrogen-bond acceptors (Lipinski definition) is 3. The number of carbonyl (C=O) groups is 2. The van der Waals surface area contributed by atoms with Crippen LogP contribution < -0.4 is 5.32 Å². The third kappa shape index (κ3) is 4.20. The highest BCUT2D eigenvalue weighted by Gasteiger charge is 2.31. The fourth-order valence-electron chi connectivity index (χ4n) is 3.40. The number of nitrogens with one attached hydrogen (secondary N) is 2. The third-order valence-electron chi connectivity index (χ3n) is 4.79. The van der Waals surface area contributed by atoms with E-state index >= 15 is 0 Å². The Kier molecular flexibility index (Phi) is 5.38. The van der Waals surface area contributed by atoms with Crippen molar-refractivity contribution in [2.45, 2.75) is 38.6 Å². The number of ether oxygens (including phenoxy) is 1. The molecule has 1 amide bonds. The molecule has 0 radical (unpaired) electrons. The average molecular weight is 344 g/mol. The largest absolute Gasteiger partial charge is 0.480 e. The lowest BCUT2D eigenvalue weighted by Gasteiger charge is -2.28. The predicted octanol–water partition coefficient (Wildman–Crippen LogP) is 2.40. The second-order valence-corrected chi connectivity index (χ2v) is 6.72. The molecule has 1 aliphatic rings. The maximum absolute atomic E-state index is 12.3. The van der Waals surface area contributed by atoms with Gasteiger partial charge in [0.1, 0.15) is 6.04 Å². The van der Waals surface area contributed by atoms with Gasteiger partial charge in [0.05, 0.1) is 6.61 Å². The zero-order valence-corrected chi connectivity index (χ0v) is 14.4. The van der Waals surface area contributed by atoms with Gasteiger partial charge in [-0.25, -0.2) is 4.79 Å². The minimum Gasteiger partial charge on any atom is -0.480 e. The smallest absolute Gasteiger partial charge is 0.326 e. The van der Waals surface area contributed by atoms with Crippen LogP contribution in [0.2, 0.25) is 0 Å². The Morgan fingerprint density at radius 3 is 3.00 bits per heavy atom. The topological polar surface area (TPSA) is 91.4 Å². The van der Waals surface area contributed by atoms with Crippen molar-refractivity contribution in [3.8, 4) is 0 Å². The van der Waals surface area contributed by atoms with E-state index in [1.54, 1.807) is 0 Å². The third-order valence-corrected chi connectivity index (χ3v) is 4.79. The van der Waals surface area contributed by atoms with Crippen LogP contribution in [0.3, 0.4) is 0 Å². The van der Waals surface area contributed by atoms with Crippen LogP contribution in [0.4, 0.5) is 0 Å². The van der Waals surface area contributed by atoms with Crippen LogP contribution in [0.25, 0.3) is 10.9 Å². The first-order valence-electron chi connectivity index (χ1n) is 8.71. The van der Waals surface area contributed by atoms with Gasteiger partial charge in [0.15, 0.2) is 0 Å². The highest BCUT2D eigenvalue weighted by molar-refractivity contribution is 5.86. The Balaban J connectivity index is 1.61. The van der Waals surface area contributed by atoms with Crippen LogP contribution in [0, 0.1) is 12.8 Å². The molecule has 2 atom stereocenters. The Morgan fingerprint density at radius 1 is 1.44 bits per heavy atom. The molecule has 3 N–H and O–H groups in total. The predicted molar refractivity (Wildman–Crippen MR) is 94.5 cm³/mol. The lowest BCUT2D eigenvalue weighted by Crippen LogP contribution is -2.48. The van der Waals surface area contributed by atoms with Crippen molar-refractivity contribution >= 4 is 22.8 Å². The molecule has 6 nitrogen and oxygen atoms in total. The Morgan fingerprint density at radius 2 is 2.28 bits per heavy atom. The van der Waals surface area contributed by atoms with Crippen molar-refractivity contribution in [1.29, 1.82) is 0 Å². The number of rotatable bonds is 6. The molecular formula is C19H24N2O4. The summed E-state index contributed by atoms with van der Waals surface area (Å²) in [5.41, 5.74) is 3.28. The van der Waals surface area contributed by atoms with Gasteiger partial charge in [0.2, 0.25) is 5.91 Å². The summed E-state index contributed by atoms with van der Waals surface area (Å²) in [6, 6.07) is 5.29. The zero-order valence-electron chi connectivity index (χ0n) is 14.4. The van der Waals surface area contributed by atoms with Gasteiger partial charge in [-0.2, -0.15) is 0 Å². The summed E-state index contributed by atoms with van der Waals surface area (Å²) in [6.07, 6.45) is 4.35. The van der Waals surface area contributed by atoms with E-state index in [2.05, 4.69) is 16.4 Å². The van der Waals surface area contributed by atoms with Gasteiger partial charge in [0, 0.05) is 36.0 Å². The molecule has 134 valence electrons. The quantitative estimate of drug-likeness (QED) is 0.750. The van der Waals surface area contributed by atoms with E-state index in [-0.39, 0.29) is 18.2 Å². The molecule has 0 spiro atoms. The van der Waals surface area contributed by atoms with Gasteiger partial charge >= 0.3 is 5.97 Å². The van der Waals surface area contributed by atoms with Crippen molar-refractivity contribution in [2.24, 2.45) is 5.92 Å². The number of H-pyrrole nitrogens is 1. The van der Waals surface area contributed by atoms with Crippen molar-refractivity contribution in [2.75, 3.05) is 13.2 Å². The Hall–Kier alpha value is -2.34. The molecule has 6 heteroatoms. The summed E-state index contributed by atoms with van der Waals surface area (Å²) in [6.45, 7) is 3.09. The van der Waals surface area contributed by atoms with E-state index in [9.17, 15) is 14.7 Å². The summed E-state index contributed by atoms with van der Waals surface area (Å²) in [5.74, 6) is -1.39. The number of aliphatic carboxylic acids is 1. The fraction of sp³-hybridized carbons (Fsp3) is 0.474. The van der Waals surface area contributed by atoms with Crippen LogP contribution in [0.15, 0.2) is 24.4 Å². The second kappa shape index (κ2) is 7.70. The SMILES string of the molecule is Cc1ccc2[nH]cc(CCC(=O)NC(C(=O)O)C3CCCOC3)c2c1. The first-order valence-corrected chi connectivity index (χ1v) is 8.71. The number of aromatic nitrogens is 1. The molecule has 2 unspecified atom stereocenters. The average Bonchev–Trinajstić information content (AvgIpc) is 3.00. The highest BCUT2D eigenvalue weighted by atomic mass is 16.5. The molecule has 1 aliphatic heterocycles. The molecule has 1 fully saturated rings. The highest BCUT2D eigenvalue weighted by Crippen LogP contribution is 2.21. The van der Waals surface area contributed by atoms with E-state index in [1.165, 1.54) is 5.56 Å². The van der Waals surface area contributed by atoms with Crippen LogP contribution >= 0.6 is 0 Å². The van der Waals surface area contributed by atoms with Crippen LogP contribution in [0.5, 0.6) is 0 Å². The molecular weight excluding hydrogens is 320 g/mol. The van der Waals surface area contributed by atoms with Crippen molar-refractivity contribution in [3.05, 3.63) is 35.5 Å². The molecule has 0 bridgehead atoms. The van der Waals surface area contributed by atoms with Gasteiger partial charge in [-0.15, -0.1) is 0 Å². The Labute approximate surface area is 146 Å². The monoisotopic (exact) mass is 344 g/mol. The molecule has 3 rings (SSSR count). The van der Waals surface area contributed by atoms with E-state index in [4.69, 9.17) is 4.74 Å². The van der Waals surface area contributed by atoms with Crippen LogP contribution in [0.1, 0.15) is 30.4 Å². The molecule has 1 aromatic carbocycles. The molecule has 0 saturated carbocycles. The minimum atomic E-state index is -0.994. The zero-order chi connectivity index (χ0) is 17.8. The second-order valence-electron chi connectivity index (χ2n) is 6.72. The van der Waals surface area contributed by atoms with Gasteiger partial charge in [0.25, 0.3) is 0 Å². The van der Waals surface area contributed by atoms with Crippen molar-refractivity contribution in [3.63, 3.8) is 0 Å². The van der Waals surface area contributed by atoms with Gasteiger partial charge < -0.3 is 20.1 Å². The number of carboxylic acid groups (broad SMARTS) is 1. The molecule has 1 saturated heterocycles.